The summed E-state index contributed by atoms with van der Waals surface area (Å²) in [6.07, 6.45) is 1.31. The van der Waals surface area contributed by atoms with Crippen LogP contribution in [0.25, 0.3) is 11.3 Å². The van der Waals surface area contributed by atoms with E-state index < -0.39 is 0 Å². The van der Waals surface area contributed by atoms with Gasteiger partial charge in [-0.2, -0.15) is 0 Å². The minimum absolute atomic E-state index is 0.0854. The molecule has 3 aromatic rings. The largest absolute Gasteiger partial charge is 0.497 e. The van der Waals surface area contributed by atoms with Crippen LogP contribution in [-0.4, -0.2) is 25.1 Å². The fourth-order valence-electron chi connectivity index (χ4n) is 2.71. The Morgan fingerprint density at radius 3 is 2.48 bits per heavy atom. The van der Waals surface area contributed by atoms with E-state index in [0.29, 0.717) is 17.3 Å². The van der Waals surface area contributed by atoms with Crippen LogP contribution in [0, 0.1) is 0 Å². The molecule has 0 unspecified atom stereocenters. The maximum atomic E-state index is 12.3. The molecular formula is C21H22N2O3S. The first-order valence-corrected chi connectivity index (χ1v) is 9.56. The molecular weight excluding hydrogens is 360 g/mol. The molecule has 0 bridgehead atoms. The number of carbonyl (C=O) groups is 1. The first-order valence-electron chi connectivity index (χ1n) is 8.68. The third kappa shape index (κ3) is 4.65. The third-order valence-electron chi connectivity index (χ3n) is 4.23. The van der Waals surface area contributed by atoms with Gasteiger partial charge in [0.1, 0.15) is 11.5 Å². The van der Waals surface area contributed by atoms with Crippen molar-refractivity contribution >= 4 is 22.4 Å². The minimum atomic E-state index is -0.0854. The van der Waals surface area contributed by atoms with Gasteiger partial charge in [-0.3, -0.25) is 4.79 Å². The predicted molar refractivity (Wildman–Crippen MR) is 109 cm³/mol. The topological polar surface area (TPSA) is 60.5 Å². The Morgan fingerprint density at radius 2 is 1.81 bits per heavy atom. The number of rotatable bonds is 7. The number of thiazole rings is 1. The number of ether oxygens (including phenoxy) is 2. The van der Waals surface area contributed by atoms with Gasteiger partial charge in [0.25, 0.3) is 0 Å². The van der Waals surface area contributed by atoms with Crippen LogP contribution < -0.4 is 14.8 Å². The van der Waals surface area contributed by atoms with Crippen molar-refractivity contribution in [3.8, 4) is 22.8 Å². The summed E-state index contributed by atoms with van der Waals surface area (Å²) in [5.74, 6) is 1.34. The van der Waals surface area contributed by atoms with E-state index in [-0.39, 0.29) is 5.91 Å². The van der Waals surface area contributed by atoms with Gasteiger partial charge < -0.3 is 14.8 Å². The van der Waals surface area contributed by atoms with Crippen molar-refractivity contribution in [1.82, 2.24) is 4.98 Å². The molecule has 0 saturated heterocycles. The lowest BCUT2D eigenvalue weighted by Crippen LogP contribution is -2.14. The van der Waals surface area contributed by atoms with E-state index in [1.54, 1.807) is 14.2 Å². The van der Waals surface area contributed by atoms with Gasteiger partial charge in [0.05, 0.1) is 26.3 Å². The Labute approximate surface area is 163 Å². The van der Waals surface area contributed by atoms with Crippen LogP contribution in [0.3, 0.4) is 0 Å². The highest BCUT2D eigenvalue weighted by atomic mass is 32.1. The highest BCUT2D eigenvalue weighted by molar-refractivity contribution is 7.14. The number of hydrogen-bond donors (Lipinski definition) is 1. The number of amides is 1. The molecule has 1 aromatic heterocycles. The highest BCUT2D eigenvalue weighted by Crippen LogP contribution is 2.35. The Morgan fingerprint density at radius 1 is 1.07 bits per heavy atom. The van der Waals surface area contributed by atoms with Crippen molar-refractivity contribution in [1.29, 1.82) is 0 Å². The lowest BCUT2D eigenvalue weighted by Gasteiger charge is -2.08. The molecule has 27 heavy (non-hydrogen) atoms. The second-order valence-corrected chi connectivity index (χ2v) is 6.86. The smallest absolute Gasteiger partial charge is 0.230 e. The van der Waals surface area contributed by atoms with E-state index in [1.165, 1.54) is 16.9 Å². The number of anilines is 1. The number of nitrogens with zero attached hydrogens (tertiary/aromatic N) is 1. The molecule has 1 N–H and O–H groups in total. The zero-order valence-corrected chi connectivity index (χ0v) is 16.4. The molecule has 0 aliphatic rings. The lowest BCUT2D eigenvalue weighted by molar-refractivity contribution is -0.115. The number of aryl methyl sites for hydroxylation is 1. The number of hydrogen-bond acceptors (Lipinski definition) is 5. The molecule has 0 aliphatic carbocycles. The normalized spacial score (nSPS) is 10.5. The summed E-state index contributed by atoms with van der Waals surface area (Å²) in [6, 6.07) is 13.6. The SMILES string of the molecule is CCc1ccc(CC(=O)Nc2nc(-c3cc(OC)ccc3OC)cs2)cc1. The molecule has 0 spiro atoms. The fraction of sp³-hybridized carbons (Fsp3) is 0.238. The molecule has 6 heteroatoms. The fourth-order valence-corrected chi connectivity index (χ4v) is 3.44. The maximum absolute atomic E-state index is 12.3. The average Bonchev–Trinajstić information content (AvgIpc) is 3.16. The Bertz CT molecular complexity index is 919. The zero-order chi connectivity index (χ0) is 19.2. The van der Waals surface area contributed by atoms with E-state index >= 15 is 0 Å². The van der Waals surface area contributed by atoms with Crippen molar-refractivity contribution in [3.63, 3.8) is 0 Å². The Hall–Kier alpha value is -2.86. The lowest BCUT2D eigenvalue weighted by atomic mass is 10.1. The summed E-state index contributed by atoms with van der Waals surface area (Å²) in [5.41, 5.74) is 3.80. The van der Waals surface area contributed by atoms with Crippen molar-refractivity contribution in [2.45, 2.75) is 19.8 Å². The average molecular weight is 382 g/mol. The van der Waals surface area contributed by atoms with E-state index in [9.17, 15) is 4.79 Å². The van der Waals surface area contributed by atoms with Crippen LogP contribution in [0.15, 0.2) is 47.8 Å². The number of nitrogens with one attached hydrogen (secondary N) is 1. The van der Waals surface area contributed by atoms with Crippen molar-refractivity contribution in [2.75, 3.05) is 19.5 Å². The van der Waals surface area contributed by atoms with Crippen LogP contribution in [0.4, 0.5) is 5.13 Å². The summed E-state index contributed by atoms with van der Waals surface area (Å²) in [6.45, 7) is 2.11. The Kier molecular flexibility index (Phi) is 6.08. The second kappa shape index (κ2) is 8.68. The third-order valence-corrected chi connectivity index (χ3v) is 4.99. The molecule has 0 radical (unpaired) electrons. The van der Waals surface area contributed by atoms with Gasteiger partial charge in [-0.05, 0) is 35.7 Å². The van der Waals surface area contributed by atoms with Gasteiger partial charge in [0, 0.05) is 10.9 Å². The van der Waals surface area contributed by atoms with Crippen molar-refractivity contribution in [2.24, 2.45) is 0 Å². The zero-order valence-electron chi connectivity index (χ0n) is 15.6. The van der Waals surface area contributed by atoms with E-state index in [0.717, 1.165) is 29.0 Å². The van der Waals surface area contributed by atoms with E-state index in [4.69, 9.17) is 9.47 Å². The number of benzene rings is 2. The van der Waals surface area contributed by atoms with Crippen LogP contribution in [-0.2, 0) is 17.6 Å². The number of methoxy groups -OCH3 is 2. The molecule has 2 aromatic carbocycles. The Balaban J connectivity index is 1.71. The van der Waals surface area contributed by atoms with E-state index in [2.05, 4.69) is 29.4 Å². The standard InChI is InChI=1S/C21H22N2O3S/c1-4-14-5-7-15(8-6-14)11-20(24)23-21-22-18(13-27-21)17-12-16(25-2)9-10-19(17)26-3/h5-10,12-13H,4,11H2,1-3H3,(H,22,23,24). The summed E-state index contributed by atoms with van der Waals surface area (Å²) in [5, 5.41) is 5.32. The molecule has 3 rings (SSSR count). The molecule has 5 nitrogen and oxygen atoms in total. The number of aromatic nitrogens is 1. The quantitative estimate of drug-likeness (QED) is 0.650. The second-order valence-electron chi connectivity index (χ2n) is 6.00. The summed E-state index contributed by atoms with van der Waals surface area (Å²) in [7, 11) is 3.23. The summed E-state index contributed by atoms with van der Waals surface area (Å²) in [4.78, 5) is 16.8. The molecule has 140 valence electrons. The summed E-state index contributed by atoms with van der Waals surface area (Å²) < 4.78 is 10.7. The summed E-state index contributed by atoms with van der Waals surface area (Å²) >= 11 is 1.38. The van der Waals surface area contributed by atoms with Crippen molar-refractivity contribution in [3.05, 3.63) is 59.0 Å². The molecule has 0 aliphatic heterocycles. The van der Waals surface area contributed by atoms with Crippen LogP contribution in [0.5, 0.6) is 11.5 Å². The number of carbonyl (C=O) groups excluding carboxylic acids is 1. The predicted octanol–water partition coefficient (Wildman–Crippen LogP) is 4.57. The maximum Gasteiger partial charge on any atom is 0.230 e. The van der Waals surface area contributed by atoms with Gasteiger partial charge >= 0.3 is 0 Å². The van der Waals surface area contributed by atoms with Gasteiger partial charge in [0.2, 0.25) is 5.91 Å². The minimum Gasteiger partial charge on any atom is -0.497 e. The molecule has 0 atom stereocenters. The van der Waals surface area contributed by atoms with Gasteiger partial charge in [0.15, 0.2) is 5.13 Å². The first kappa shape index (κ1) is 18.9. The first-order chi connectivity index (χ1) is 13.1. The van der Waals surface area contributed by atoms with Gasteiger partial charge in [-0.25, -0.2) is 4.98 Å². The van der Waals surface area contributed by atoms with Gasteiger partial charge in [-0.15, -0.1) is 11.3 Å². The van der Waals surface area contributed by atoms with Crippen molar-refractivity contribution < 1.29 is 14.3 Å². The van der Waals surface area contributed by atoms with Crippen LogP contribution in [0.2, 0.25) is 0 Å². The highest BCUT2D eigenvalue weighted by Gasteiger charge is 2.13. The van der Waals surface area contributed by atoms with E-state index in [1.807, 2.05) is 35.7 Å². The van der Waals surface area contributed by atoms with Gasteiger partial charge in [-0.1, -0.05) is 31.2 Å². The van der Waals surface area contributed by atoms with Crippen LogP contribution in [0.1, 0.15) is 18.1 Å². The molecule has 0 fully saturated rings. The molecule has 1 heterocycles. The van der Waals surface area contributed by atoms with Crippen LogP contribution >= 0.6 is 11.3 Å². The molecule has 1 amide bonds. The molecule has 0 saturated carbocycles. The monoisotopic (exact) mass is 382 g/mol.